The average Bonchev–Trinajstić information content (AvgIpc) is 3.15. The number of aryl methyl sites for hydroxylation is 1. The van der Waals surface area contributed by atoms with Crippen molar-refractivity contribution in [1.29, 1.82) is 0 Å². The molecule has 2 aromatic rings. The predicted molar refractivity (Wildman–Crippen MR) is 103 cm³/mol. The summed E-state index contributed by atoms with van der Waals surface area (Å²) in [4.78, 5) is 47.9. The molecule has 0 fully saturated rings. The molecule has 0 unspecified atom stereocenters. The number of aromatic nitrogens is 2. The molecule has 12 heteroatoms. The van der Waals surface area contributed by atoms with E-state index in [1.165, 1.54) is 14.0 Å². The van der Waals surface area contributed by atoms with Crippen LogP contribution in [0.3, 0.4) is 0 Å². The Bertz CT molecular complexity index is 977. The molecule has 0 radical (unpaired) electrons. The summed E-state index contributed by atoms with van der Waals surface area (Å²) in [5.74, 6) is -2.29. The monoisotopic (exact) mass is 424 g/mol. The highest BCUT2D eigenvalue weighted by Gasteiger charge is 2.31. The molecule has 29 heavy (non-hydrogen) atoms. The summed E-state index contributed by atoms with van der Waals surface area (Å²) in [6.07, 6.45) is 0.653. The number of carbonyl (C=O) groups is 3. The van der Waals surface area contributed by atoms with Crippen LogP contribution in [-0.4, -0.2) is 45.3 Å². The number of hydrogen-bond donors (Lipinski definition) is 1. The topological polar surface area (TPSA) is 143 Å². The molecule has 1 N–H and O–H groups in total. The molecular formula is C17H20N4O7S. The Morgan fingerprint density at radius 2 is 2.00 bits per heavy atom. The smallest absolute Gasteiger partial charge is 0.348 e. The summed E-state index contributed by atoms with van der Waals surface area (Å²) >= 11 is 0.822. The van der Waals surface area contributed by atoms with Crippen LogP contribution in [0.15, 0.2) is 6.20 Å². The van der Waals surface area contributed by atoms with Gasteiger partial charge in [0.25, 0.3) is 5.91 Å². The number of esters is 2. The van der Waals surface area contributed by atoms with Gasteiger partial charge in [-0.2, -0.15) is 5.10 Å². The summed E-state index contributed by atoms with van der Waals surface area (Å²) in [5, 5.41) is 17.4. The third-order valence-corrected chi connectivity index (χ3v) is 4.79. The van der Waals surface area contributed by atoms with Crippen LogP contribution in [0.5, 0.6) is 0 Å². The molecule has 0 spiro atoms. The van der Waals surface area contributed by atoms with Gasteiger partial charge in [-0.1, -0.05) is 0 Å². The fourth-order valence-corrected chi connectivity index (χ4v) is 3.53. The van der Waals surface area contributed by atoms with Crippen molar-refractivity contribution in [3.8, 4) is 0 Å². The van der Waals surface area contributed by atoms with Crippen molar-refractivity contribution in [2.45, 2.75) is 33.8 Å². The minimum absolute atomic E-state index is 0.0150. The van der Waals surface area contributed by atoms with Crippen molar-refractivity contribution in [1.82, 2.24) is 9.78 Å². The molecule has 0 bridgehead atoms. The lowest BCUT2D eigenvalue weighted by atomic mass is 10.1. The largest absolute Gasteiger partial charge is 0.462 e. The fourth-order valence-electron chi connectivity index (χ4n) is 2.45. The Labute approximate surface area is 169 Å². The van der Waals surface area contributed by atoms with Crippen molar-refractivity contribution in [3.63, 3.8) is 0 Å². The SMILES string of the molecule is CCOC(=O)c1sc(NC(=O)c2nn(C)cc2[N+](=O)[O-])c(C(=O)OC(C)C)c1C. The molecule has 1 amide bonds. The maximum Gasteiger partial charge on any atom is 0.348 e. The highest BCUT2D eigenvalue weighted by Crippen LogP contribution is 2.35. The van der Waals surface area contributed by atoms with Gasteiger partial charge >= 0.3 is 17.6 Å². The van der Waals surface area contributed by atoms with E-state index in [2.05, 4.69) is 10.4 Å². The minimum Gasteiger partial charge on any atom is -0.462 e. The molecule has 0 saturated heterocycles. The van der Waals surface area contributed by atoms with Crippen molar-refractivity contribution < 1.29 is 28.8 Å². The number of nitrogens with zero attached hydrogens (tertiary/aromatic N) is 3. The van der Waals surface area contributed by atoms with Gasteiger partial charge in [-0.15, -0.1) is 11.3 Å². The minimum atomic E-state index is -0.896. The van der Waals surface area contributed by atoms with E-state index in [1.807, 2.05) is 0 Å². The normalized spacial score (nSPS) is 10.7. The first kappa shape index (κ1) is 22.0. The molecule has 2 rings (SSSR count). The quantitative estimate of drug-likeness (QED) is 0.406. The number of nitrogens with one attached hydrogen (secondary N) is 1. The second kappa shape index (κ2) is 8.82. The molecule has 0 aliphatic heterocycles. The van der Waals surface area contributed by atoms with E-state index < -0.39 is 40.3 Å². The van der Waals surface area contributed by atoms with Gasteiger partial charge in [0.2, 0.25) is 5.69 Å². The zero-order valence-corrected chi connectivity index (χ0v) is 17.3. The Kier molecular flexibility index (Phi) is 6.69. The van der Waals surface area contributed by atoms with Crippen LogP contribution in [0, 0.1) is 17.0 Å². The van der Waals surface area contributed by atoms with E-state index in [-0.39, 0.29) is 27.6 Å². The van der Waals surface area contributed by atoms with Crippen LogP contribution < -0.4 is 5.32 Å². The lowest BCUT2D eigenvalue weighted by molar-refractivity contribution is -0.385. The highest BCUT2D eigenvalue weighted by molar-refractivity contribution is 7.18. The average molecular weight is 424 g/mol. The second-order valence-corrected chi connectivity index (χ2v) is 7.20. The highest BCUT2D eigenvalue weighted by atomic mass is 32.1. The molecule has 11 nitrogen and oxygen atoms in total. The van der Waals surface area contributed by atoms with Crippen molar-refractivity contribution in [3.05, 3.63) is 38.0 Å². The van der Waals surface area contributed by atoms with Crippen LogP contribution in [-0.2, 0) is 16.5 Å². The van der Waals surface area contributed by atoms with E-state index in [1.54, 1.807) is 20.8 Å². The van der Waals surface area contributed by atoms with Crippen molar-refractivity contribution in [2.24, 2.45) is 7.05 Å². The zero-order chi connectivity index (χ0) is 21.9. The molecule has 0 atom stereocenters. The van der Waals surface area contributed by atoms with Gasteiger partial charge in [-0.3, -0.25) is 19.6 Å². The maximum absolute atomic E-state index is 12.6. The zero-order valence-electron chi connectivity index (χ0n) is 16.5. The third kappa shape index (κ3) is 4.77. The number of nitro groups is 1. The predicted octanol–water partition coefficient (Wildman–Crippen LogP) is 2.69. The Balaban J connectivity index is 2.49. The third-order valence-electron chi connectivity index (χ3n) is 3.60. The maximum atomic E-state index is 12.6. The standard InChI is InChI=1S/C17H20N4O7S/c1-6-27-17(24)13-9(4)11(16(23)28-8(2)3)15(29-13)18-14(22)12-10(21(25)26)7-20(5)19-12/h7-8H,6H2,1-5H3,(H,18,22). The molecule has 2 aromatic heterocycles. The van der Waals surface area contributed by atoms with Crippen LogP contribution in [0.2, 0.25) is 0 Å². The van der Waals surface area contributed by atoms with Gasteiger partial charge in [0.1, 0.15) is 16.1 Å². The molecule has 156 valence electrons. The number of hydrogen-bond acceptors (Lipinski definition) is 9. The number of thiophene rings is 1. The Morgan fingerprint density at radius 1 is 1.34 bits per heavy atom. The molecule has 0 aliphatic carbocycles. The lowest BCUT2D eigenvalue weighted by Crippen LogP contribution is -2.18. The summed E-state index contributed by atoms with van der Waals surface area (Å²) < 4.78 is 11.3. The number of rotatable bonds is 7. The summed E-state index contributed by atoms with van der Waals surface area (Å²) in [6, 6.07) is 0. The van der Waals surface area contributed by atoms with Crippen molar-refractivity contribution >= 4 is 39.9 Å². The van der Waals surface area contributed by atoms with Crippen LogP contribution in [0.4, 0.5) is 10.7 Å². The molecule has 0 aliphatic rings. The first-order chi connectivity index (χ1) is 13.6. The van der Waals surface area contributed by atoms with Gasteiger partial charge in [0.15, 0.2) is 0 Å². The molecular weight excluding hydrogens is 404 g/mol. The van der Waals surface area contributed by atoms with E-state index in [4.69, 9.17) is 9.47 Å². The summed E-state index contributed by atoms with van der Waals surface area (Å²) in [5.41, 5.74) is -0.650. The van der Waals surface area contributed by atoms with Crippen LogP contribution >= 0.6 is 11.3 Å². The van der Waals surface area contributed by atoms with Crippen LogP contribution in [0.25, 0.3) is 0 Å². The molecule has 2 heterocycles. The van der Waals surface area contributed by atoms with Gasteiger partial charge in [-0.05, 0) is 33.3 Å². The molecule has 0 aromatic carbocycles. The Morgan fingerprint density at radius 3 is 2.55 bits per heavy atom. The van der Waals surface area contributed by atoms with Gasteiger partial charge < -0.3 is 14.8 Å². The Hall–Kier alpha value is -3.28. The summed E-state index contributed by atoms with van der Waals surface area (Å²) in [6.45, 7) is 6.60. The molecule has 0 saturated carbocycles. The van der Waals surface area contributed by atoms with E-state index in [0.29, 0.717) is 0 Å². The number of anilines is 1. The number of carbonyl (C=O) groups excluding carboxylic acids is 3. The van der Waals surface area contributed by atoms with E-state index >= 15 is 0 Å². The van der Waals surface area contributed by atoms with E-state index in [9.17, 15) is 24.5 Å². The van der Waals surface area contributed by atoms with E-state index in [0.717, 1.165) is 22.2 Å². The van der Waals surface area contributed by atoms with Gasteiger partial charge in [-0.25, -0.2) is 9.59 Å². The first-order valence-corrected chi connectivity index (χ1v) is 9.39. The number of ether oxygens (including phenoxy) is 2. The van der Waals surface area contributed by atoms with Crippen molar-refractivity contribution in [2.75, 3.05) is 11.9 Å². The first-order valence-electron chi connectivity index (χ1n) is 8.57. The summed E-state index contributed by atoms with van der Waals surface area (Å²) in [7, 11) is 1.43. The number of amides is 1. The lowest BCUT2D eigenvalue weighted by Gasteiger charge is -2.10. The second-order valence-electron chi connectivity index (χ2n) is 6.18. The van der Waals surface area contributed by atoms with Crippen LogP contribution in [0.1, 0.15) is 56.9 Å². The van der Waals surface area contributed by atoms with Gasteiger partial charge in [0, 0.05) is 7.05 Å². The fraction of sp³-hybridized carbons (Fsp3) is 0.412. The van der Waals surface area contributed by atoms with Gasteiger partial charge in [0.05, 0.1) is 23.2 Å².